The van der Waals surface area contributed by atoms with Crippen molar-refractivity contribution in [2.45, 2.75) is 6.30 Å². The second-order valence-electron chi connectivity index (χ2n) is 3.96. The summed E-state index contributed by atoms with van der Waals surface area (Å²) in [4.78, 5) is 2.39. The number of rotatable bonds is 1. The molecular formula is C11H13F3N2O. The topological polar surface area (TPSA) is 26.7 Å². The highest BCUT2D eigenvalue weighted by Gasteiger charge is 2.38. The molecule has 0 spiro atoms. The number of phenolic OH excluding ortho intramolecular Hbond substituents is 1. The SMILES string of the molecule is Oc1ccc(N2CCN(C(F)(F)F)CC2)cc1. The Bertz CT molecular complexity index is 369. The molecule has 3 nitrogen and oxygen atoms in total. The fourth-order valence-electron chi connectivity index (χ4n) is 1.88. The van der Waals surface area contributed by atoms with Crippen LogP contribution in [-0.2, 0) is 0 Å². The van der Waals surface area contributed by atoms with Gasteiger partial charge in [0.05, 0.1) is 0 Å². The fraction of sp³-hybridized carbons (Fsp3) is 0.455. The van der Waals surface area contributed by atoms with Gasteiger partial charge in [0.25, 0.3) is 0 Å². The molecule has 1 saturated heterocycles. The van der Waals surface area contributed by atoms with E-state index in [0.717, 1.165) is 5.69 Å². The van der Waals surface area contributed by atoms with Crippen LogP contribution in [0.5, 0.6) is 5.75 Å². The lowest BCUT2D eigenvalue weighted by Gasteiger charge is -2.36. The van der Waals surface area contributed by atoms with Gasteiger partial charge in [-0.15, -0.1) is 0 Å². The Kier molecular flexibility index (Phi) is 3.15. The highest BCUT2D eigenvalue weighted by molar-refractivity contribution is 5.49. The lowest BCUT2D eigenvalue weighted by atomic mass is 10.2. The molecule has 6 heteroatoms. The van der Waals surface area contributed by atoms with Crippen molar-refractivity contribution < 1.29 is 18.3 Å². The number of piperazine rings is 1. The summed E-state index contributed by atoms with van der Waals surface area (Å²) in [5, 5.41) is 9.13. The van der Waals surface area contributed by atoms with Gasteiger partial charge in [-0.1, -0.05) is 0 Å². The summed E-state index contributed by atoms with van der Waals surface area (Å²) in [7, 11) is 0. The van der Waals surface area contributed by atoms with E-state index >= 15 is 0 Å². The number of alkyl halides is 3. The summed E-state index contributed by atoms with van der Waals surface area (Å²) in [5.41, 5.74) is 0.838. The van der Waals surface area contributed by atoms with Gasteiger partial charge in [-0.3, -0.25) is 0 Å². The Balaban J connectivity index is 1.97. The quantitative estimate of drug-likeness (QED) is 0.768. The molecule has 2 rings (SSSR count). The summed E-state index contributed by atoms with van der Waals surface area (Å²) >= 11 is 0. The van der Waals surface area contributed by atoms with Gasteiger partial charge in [0.2, 0.25) is 0 Å². The van der Waals surface area contributed by atoms with Crippen LogP contribution in [0.2, 0.25) is 0 Å². The van der Waals surface area contributed by atoms with E-state index in [1.165, 1.54) is 12.1 Å². The van der Waals surface area contributed by atoms with Crippen LogP contribution in [0.15, 0.2) is 24.3 Å². The van der Waals surface area contributed by atoms with Gasteiger partial charge >= 0.3 is 6.30 Å². The van der Waals surface area contributed by atoms with E-state index in [9.17, 15) is 13.2 Å². The summed E-state index contributed by atoms with van der Waals surface area (Å²) in [5.74, 6) is 0.155. The second kappa shape index (κ2) is 4.44. The third kappa shape index (κ3) is 2.82. The molecule has 1 N–H and O–H groups in total. The lowest BCUT2D eigenvalue weighted by Crippen LogP contribution is -2.51. The number of nitrogens with zero attached hydrogens (tertiary/aromatic N) is 2. The third-order valence-electron chi connectivity index (χ3n) is 2.85. The van der Waals surface area contributed by atoms with E-state index in [1.807, 2.05) is 4.90 Å². The molecule has 0 bridgehead atoms. The predicted octanol–water partition coefficient (Wildman–Crippen LogP) is 2.03. The Hall–Kier alpha value is -1.43. The predicted molar refractivity (Wildman–Crippen MR) is 57.9 cm³/mol. The molecule has 0 saturated carbocycles. The van der Waals surface area contributed by atoms with Crippen molar-refractivity contribution in [3.8, 4) is 5.75 Å². The lowest BCUT2D eigenvalue weighted by molar-refractivity contribution is -0.246. The Labute approximate surface area is 97.1 Å². The van der Waals surface area contributed by atoms with Gasteiger partial charge in [0.1, 0.15) is 5.75 Å². The third-order valence-corrected chi connectivity index (χ3v) is 2.85. The highest BCUT2D eigenvalue weighted by Crippen LogP contribution is 2.25. The van der Waals surface area contributed by atoms with Crippen LogP contribution in [-0.4, -0.2) is 42.5 Å². The van der Waals surface area contributed by atoms with Crippen molar-refractivity contribution in [2.75, 3.05) is 31.1 Å². The molecular weight excluding hydrogens is 233 g/mol. The van der Waals surface area contributed by atoms with Crippen LogP contribution in [0.1, 0.15) is 0 Å². The first-order chi connectivity index (χ1) is 7.97. The first-order valence-corrected chi connectivity index (χ1v) is 5.32. The number of phenols is 1. The monoisotopic (exact) mass is 246 g/mol. The van der Waals surface area contributed by atoms with E-state index in [1.54, 1.807) is 12.1 Å². The van der Waals surface area contributed by atoms with Crippen molar-refractivity contribution in [3.05, 3.63) is 24.3 Å². The molecule has 0 unspecified atom stereocenters. The Morgan fingerprint density at radius 3 is 1.94 bits per heavy atom. The molecule has 94 valence electrons. The van der Waals surface area contributed by atoms with Crippen molar-refractivity contribution in [1.29, 1.82) is 0 Å². The summed E-state index contributed by atoms with van der Waals surface area (Å²) in [6.45, 7) is 0.628. The maximum Gasteiger partial charge on any atom is 0.460 e. The van der Waals surface area contributed by atoms with Crippen molar-refractivity contribution in [2.24, 2.45) is 0 Å². The zero-order valence-electron chi connectivity index (χ0n) is 9.11. The Morgan fingerprint density at radius 1 is 0.941 bits per heavy atom. The van der Waals surface area contributed by atoms with E-state index in [4.69, 9.17) is 5.11 Å². The normalized spacial score (nSPS) is 18.4. The van der Waals surface area contributed by atoms with Gasteiger partial charge in [0, 0.05) is 31.9 Å². The molecule has 1 aromatic carbocycles. The summed E-state index contributed by atoms with van der Waals surface area (Å²) < 4.78 is 37.2. The smallest absolute Gasteiger partial charge is 0.460 e. The van der Waals surface area contributed by atoms with Crippen molar-refractivity contribution in [3.63, 3.8) is 0 Å². The summed E-state index contributed by atoms with van der Waals surface area (Å²) in [6, 6.07) is 6.48. The number of hydrogen-bond donors (Lipinski definition) is 1. The van der Waals surface area contributed by atoms with Crippen molar-refractivity contribution in [1.82, 2.24) is 4.90 Å². The number of benzene rings is 1. The number of aromatic hydroxyl groups is 1. The molecule has 1 aromatic rings. The maximum atomic E-state index is 12.4. The second-order valence-corrected chi connectivity index (χ2v) is 3.96. The zero-order chi connectivity index (χ0) is 12.5. The largest absolute Gasteiger partial charge is 0.508 e. The van der Waals surface area contributed by atoms with E-state index in [-0.39, 0.29) is 18.8 Å². The van der Waals surface area contributed by atoms with E-state index < -0.39 is 6.30 Å². The average Bonchev–Trinajstić information content (AvgIpc) is 2.29. The molecule has 1 aliphatic heterocycles. The molecule has 1 fully saturated rings. The molecule has 0 amide bonds. The maximum absolute atomic E-state index is 12.4. The first kappa shape index (κ1) is 12.0. The highest BCUT2D eigenvalue weighted by atomic mass is 19.4. The van der Waals surface area contributed by atoms with E-state index in [2.05, 4.69) is 0 Å². The number of halogens is 3. The fourth-order valence-corrected chi connectivity index (χ4v) is 1.88. The van der Waals surface area contributed by atoms with Crippen LogP contribution in [0.4, 0.5) is 18.9 Å². The minimum atomic E-state index is -4.24. The summed E-state index contributed by atoms with van der Waals surface area (Å²) in [6.07, 6.45) is -4.24. The molecule has 1 aliphatic rings. The minimum absolute atomic E-state index is 0.0234. The van der Waals surface area contributed by atoms with Gasteiger partial charge in [0.15, 0.2) is 0 Å². The minimum Gasteiger partial charge on any atom is -0.508 e. The first-order valence-electron chi connectivity index (χ1n) is 5.32. The molecule has 0 aliphatic carbocycles. The average molecular weight is 246 g/mol. The molecule has 17 heavy (non-hydrogen) atoms. The van der Waals surface area contributed by atoms with Crippen LogP contribution in [0, 0.1) is 0 Å². The van der Waals surface area contributed by atoms with Crippen LogP contribution >= 0.6 is 0 Å². The molecule has 1 heterocycles. The van der Waals surface area contributed by atoms with Crippen LogP contribution in [0.25, 0.3) is 0 Å². The molecule has 0 atom stereocenters. The Morgan fingerprint density at radius 2 is 1.47 bits per heavy atom. The van der Waals surface area contributed by atoms with Gasteiger partial charge in [-0.25, -0.2) is 4.90 Å². The standard InChI is InChI=1S/C11H13F3N2O/c12-11(13,14)16-7-5-15(6-8-16)9-1-3-10(17)4-2-9/h1-4,17H,5-8H2. The molecule has 0 aromatic heterocycles. The van der Waals surface area contributed by atoms with Gasteiger partial charge < -0.3 is 10.0 Å². The van der Waals surface area contributed by atoms with Crippen LogP contribution in [0.3, 0.4) is 0 Å². The number of anilines is 1. The number of hydrogen-bond acceptors (Lipinski definition) is 3. The van der Waals surface area contributed by atoms with E-state index in [0.29, 0.717) is 18.0 Å². The van der Waals surface area contributed by atoms with Crippen LogP contribution < -0.4 is 4.90 Å². The van der Waals surface area contributed by atoms with Gasteiger partial charge in [-0.05, 0) is 24.3 Å². The zero-order valence-corrected chi connectivity index (χ0v) is 9.11. The molecule has 0 radical (unpaired) electrons. The van der Waals surface area contributed by atoms with Gasteiger partial charge in [-0.2, -0.15) is 13.2 Å². The van der Waals surface area contributed by atoms with Crippen molar-refractivity contribution >= 4 is 5.69 Å².